The highest BCUT2D eigenvalue weighted by Gasteiger charge is 2.19. The lowest BCUT2D eigenvalue weighted by Crippen LogP contribution is -2.30. The van der Waals surface area contributed by atoms with Crippen molar-refractivity contribution < 1.29 is 10.4 Å². The molecule has 3 aromatic carbocycles. The van der Waals surface area contributed by atoms with Gasteiger partial charge in [0.2, 0.25) is 5.69 Å². The molecule has 0 aliphatic heterocycles. The number of hydrogen-bond donors (Lipinski definition) is 0. The van der Waals surface area contributed by atoms with Crippen LogP contribution < -0.4 is 4.57 Å². The molecule has 0 aliphatic rings. The van der Waals surface area contributed by atoms with E-state index in [4.69, 9.17) is 5.79 Å². The lowest BCUT2D eigenvalue weighted by molar-refractivity contribution is -0.660. The summed E-state index contributed by atoms with van der Waals surface area (Å²) < 4.78 is 17.0. The Bertz CT molecular complexity index is 1410. The summed E-state index contributed by atoms with van der Waals surface area (Å²) in [5.41, 5.74) is 6.23. The Balaban J connectivity index is 1.80. The molecule has 5 aromatic rings. The van der Waals surface area contributed by atoms with Crippen LogP contribution in [-0.4, -0.2) is 0 Å². The predicted molar refractivity (Wildman–Crippen MR) is 117 cm³/mol. The summed E-state index contributed by atoms with van der Waals surface area (Å²) in [6.45, 7) is 5.97. The van der Waals surface area contributed by atoms with Crippen LogP contribution in [0.25, 0.3) is 44.0 Å². The fourth-order valence-corrected chi connectivity index (χ4v) is 4.13. The Kier molecular flexibility index (Phi) is 3.52. The van der Waals surface area contributed by atoms with Crippen molar-refractivity contribution in [1.29, 1.82) is 0 Å². The average Bonchev–Trinajstić information content (AvgIpc) is 3.08. The molecule has 0 atom stereocenters. The Labute approximate surface area is 166 Å². The summed E-state index contributed by atoms with van der Waals surface area (Å²) in [6.07, 6.45) is 2.04. The summed E-state index contributed by atoms with van der Waals surface area (Å²) >= 11 is 0. The van der Waals surface area contributed by atoms with Crippen LogP contribution in [0, 0.1) is 6.92 Å². The molecule has 138 valence electrons. The molecule has 0 fully saturated rings. The van der Waals surface area contributed by atoms with Crippen molar-refractivity contribution in [1.82, 2.24) is 0 Å². The SMILES string of the molecule is [2H]C(C)(C)c1cc[n+](C)c(-c2ccc3c(oc4c5ccccc5ccc34)c2C)c1. The summed E-state index contributed by atoms with van der Waals surface area (Å²) in [5.74, 6) is -0.640. The first-order valence-corrected chi connectivity index (χ1v) is 9.69. The summed E-state index contributed by atoms with van der Waals surface area (Å²) in [7, 11) is 2.05. The van der Waals surface area contributed by atoms with Crippen molar-refractivity contribution in [3.05, 3.63) is 78.0 Å². The summed E-state index contributed by atoms with van der Waals surface area (Å²) in [6, 6.07) is 21.2. The molecule has 2 heteroatoms. The third-order valence-corrected chi connectivity index (χ3v) is 5.78. The quantitative estimate of drug-likeness (QED) is 0.319. The van der Waals surface area contributed by atoms with E-state index in [2.05, 4.69) is 66.1 Å². The molecular formula is C26H24NO+. The normalized spacial score (nSPS) is 12.8. The smallest absolute Gasteiger partial charge is 0.212 e. The fraction of sp³-hybridized carbons (Fsp3) is 0.192. The number of furan rings is 1. The Morgan fingerprint density at radius 3 is 2.46 bits per heavy atom. The summed E-state index contributed by atoms with van der Waals surface area (Å²) in [5, 5.41) is 4.63. The van der Waals surface area contributed by atoms with E-state index in [1.807, 2.05) is 33.2 Å². The number of hydrogen-bond acceptors (Lipinski definition) is 1. The van der Waals surface area contributed by atoms with Crippen molar-refractivity contribution in [3.8, 4) is 11.3 Å². The van der Waals surface area contributed by atoms with Crippen LogP contribution in [0.3, 0.4) is 0 Å². The van der Waals surface area contributed by atoms with Crippen molar-refractivity contribution in [2.45, 2.75) is 26.7 Å². The first kappa shape index (κ1) is 15.9. The van der Waals surface area contributed by atoms with Gasteiger partial charge in [-0.15, -0.1) is 0 Å². The molecule has 0 saturated heterocycles. The number of rotatable bonds is 2. The zero-order valence-corrected chi connectivity index (χ0v) is 16.7. The summed E-state index contributed by atoms with van der Waals surface area (Å²) in [4.78, 5) is 0. The van der Waals surface area contributed by atoms with E-state index in [1.54, 1.807) is 0 Å². The molecule has 5 rings (SSSR count). The van der Waals surface area contributed by atoms with Crippen molar-refractivity contribution in [3.63, 3.8) is 0 Å². The molecule has 2 nitrogen and oxygen atoms in total. The van der Waals surface area contributed by atoms with Gasteiger partial charge in [-0.1, -0.05) is 44.2 Å². The Morgan fingerprint density at radius 1 is 0.893 bits per heavy atom. The minimum Gasteiger partial charge on any atom is -0.455 e. The number of nitrogens with zero attached hydrogens (tertiary/aromatic N) is 1. The van der Waals surface area contributed by atoms with Gasteiger partial charge < -0.3 is 4.42 Å². The molecule has 0 N–H and O–H groups in total. The number of aromatic nitrogens is 1. The lowest BCUT2D eigenvalue weighted by Gasteiger charge is -2.09. The highest BCUT2D eigenvalue weighted by Crippen LogP contribution is 2.38. The molecule has 0 unspecified atom stereocenters. The number of aryl methyl sites for hydroxylation is 2. The molecule has 28 heavy (non-hydrogen) atoms. The second kappa shape index (κ2) is 6.20. The van der Waals surface area contributed by atoms with Gasteiger partial charge in [-0.25, -0.2) is 4.57 Å². The highest BCUT2D eigenvalue weighted by molar-refractivity contribution is 6.15. The third kappa shape index (κ3) is 2.45. The molecular weight excluding hydrogens is 342 g/mol. The van der Waals surface area contributed by atoms with Gasteiger partial charge in [-0.05, 0) is 42.0 Å². The second-order valence-corrected chi connectivity index (χ2v) is 7.79. The van der Waals surface area contributed by atoms with Crippen LogP contribution in [-0.2, 0) is 7.05 Å². The van der Waals surface area contributed by atoms with Crippen molar-refractivity contribution in [2.75, 3.05) is 0 Å². The average molecular weight is 367 g/mol. The number of benzene rings is 3. The molecule has 0 amide bonds. The van der Waals surface area contributed by atoms with E-state index in [-0.39, 0.29) is 0 Å². The largest absolute Gasteiger partial charge is 0.455 e. The van der Waals surface area contributed by atoms with Crippen LogP contribution in [0.2, 0.25) is 0 Å². The van der Waals surface area contributed by atoms with Gasteiger partial charge in [0.1, 0.15) is 18.2 Å². The minimum atomic E-state index is -0.640. The van der Waals surface area contributed by atoms with Crippen LogP contribution in [0.5, 0.6) is 0 Å². The van der Waals surface area contributed by atoms with E-state index in [1.165, 1.54) is 5.39 Å². The maximum Gasteiger partial charge on any atom is 0.212 e. The van der Waals surface area contributed by atoms with Crippen molar-refractivity contribution >= 4 is 32.7 Å². The lowest BCUT2D eigenvalue weighted by atomic mass is 9.97. The van der Waals surface area contributed by atoms with Gasteiger partial charge in [0.15, 0.2) is 6.20 Å². The molecule has 0 aliphatic carbocycles. The molecule has 0 radical (unpaired) electrons. The Morgan fingerprint density at radius 2 is 1.64 bits per heavy atom. The molecule has 0 saturated carbocycles. The van der Waals surface area contributed by atoms with Crippen LogP contribution in [0.1, 0.15) is 32.2 Å². The highest BCUT2D eigenvalue weighted by atomic mass is 16.3. The van der Waals surface area contributed by atoms with Gasteiger partial charge in [0.25, 0.3) is 0 Å². The number of pyridine rings is 1. The minimum absolute atomic E-state index is 0.640. The Hall–Kier alpha value is -3.13. The van der Waals surface area contributed by atoms with Gasteiger partial charge >= 0.3 is 0 Å². The monoisotopic (exact) mass is 367 g/mol. The first-order valence-electron chi connectivity index (χ1n) is 10.2. The zero-order valence-electron chi connectivity index (χ0n) is 17.7. The number of fused-ring (bicyclic) bond motifs is 5. The third-order valence-electron chi connectivity index (χ3n) is 5.78. The van der Waals surface area contributed by atoms with E-state index in [0.29, 0.717) is 0 Å². The van der Waals surface area contributed by atoms with Gasteiger partial charge in [0, 0.05) is 35.2 Å². The maximum atomic E-state index is 8.41. The van der Waals surface area contributed by atoms with E-state index in [0.717, 1.165) is 49.7 Å². The molecule has 2 aromatic heterocycles. The van der Waals surface area contributed by atoms with Crippen molar-refractivity contribution in [2.24, 2.45) is 7.05 Å². The van der Waals surface area contributed by atoms with Gasteiger partial charge in [-0.3, -0.25) is 0 Å². The predicted octanol–water partition coefficient (Wildman–Crippen LogP) is 6.66. The van der Waals surface area contributed by atoms with E-state index in [9.17, 15) is 0 Å². The van der Waals surface area contributed by atoms with Gasteiger partial charge in [-0.2, -0.15) is 0 Å². The van der Waals surface area contributed by atoms with Crippen LogP contribution >= 0.6 is 0 Å². The second-order valence-electron chi connectivity index (χ2n) is 7.79. The van der Waals surface area contributed by atoms with E-state index < -0.39 is 5.89 Å². The first-order chi connectivity index (χ1) is 13.8. The van der Waals surface area contributed by atoms with Gasteiger partial charge in [0.05, 0.1) is 5.56 Å². The van der Waals surface area contributed by atoms with E-state index >= 15 is 0 Å². The standard InChI is InChI=1S/C26H24NO/c1-16(2)19-13-14-27(4)24(15-19)20-11-12-22-23-10-9-18-7-5-6-8-21(18)26(23)28-25(22)17(20)3/h5-16H,1-4H3/q+1/i16D. The fourth-order valence-electron chi connectivity index (χ4n) is 4.13. The van der Waals surface area contributed by atoms with Crippen LogP contribution in [0.15, 0.2) is 71.3 Å². The van der Waals surface area contributed by atoms with Crippen LogP contribution in [0.4, 0.5) is 0 Å². The molecule has 0 bridgehead atoms. The maximum absolute atomic E-state index is 8.41. The molecule has 0 spiro atoms. The topological polar surface area (TPSA) is 17.0 Å². The molecule has 2 heterocycles. The zero-order chi connectivity index (χ0) is 20.3.